The van der Waals surface area contributed by atoms with Crippen LogP contribution in [0.1, 0.15) is 22.6 Å². The summed E-state index contributed by atoms with van der Waals surface area (Å²) in [6, 6.07) is 9.45. The number of fused-ring (bicyclic) bond motifs is 1. The second-order valence-electron chi connectivity index (χ2n) is 6.82. The van der Waals surface area contributed by atoms with Gasteiger partial charge in [0.15, 0.2) is 0 Å². The molecule has 0 bridgehead atoms. The second-order valence-corrected chi connectivity index (χ2v) is 6.82. The van der Waals surface area contributed by atoms with Gasteiger partial charge >= 0.3 is 0 Å². The van der Waals surface area contributed by atoms with Gasteiger partial charge in [-0.3, -0.25) is 14.4 Å². The van der Waals surface area contributed by atoms with Crippen molar-refractivity contribution in [1.82, 2.24) is 24.6 Å². The fraction of sp³-hybridized carbons (Fsp3) is 0.316. The minimum atomic E-state index is -0.0660. The highest BCUT2D eigenvalue weighted by Gasteiger charge is 2.22. The van der Waals surface area contributed by atoms with Crippen LogP contribution < -0.4 is 11.3 Å². The minimum absolute atomic E-state index is 0.0660. The van der Waals surface area contributed by atoms with Crippen LogP contribution in [-0.2, 0) is 26.6 Å². The van der Waals surface area contributed by atoms with Gasteiger partial charge in [0.1, 0.15) is 5.82 Å². The van der Waals surface area contributed by atoms with Crippen molar-refractivity contribution in [3.8, 4) is 11.4 Å². The van der Waals surface area contributed by atoms with Gasteiger partial charge < -0.3 is 10.7 Å². The average molecular weight is 350 g/mol. The molecule has 0 atom stereocenters. The predicted molar refractivity (Wildman–Crippen MR) is 100 cm³/mol. The van der Waals surface area contributed by atoms with E-state index in [1.165, 1.54) is 0 Å². The van der Waals surface area contributed by atoms with Gasteiger partial charge in [-0.25, -0.2) is 4.98 Å². The molecule has 1 aromatic carbocycles. The molecule has 2 aromatic heterocycles. The molecule has 3 aromatic rings. The highest BCUT2D eigenvalue weighted by atomic mass is 16.1. The molecule has 0 saturated carbocycles. The van der Waals surface area contributed by atoms with E-state index in [0.717, 1.165) is 47.7 Å². The summed E-state index contributed by atoms with van der Waals surface area (Å²) < 4.78 is 1.88. The standard InChI is InChI=1S/C19H22N6O/c1-12-9-15(23-24(12)2)10-25-8-7-17-16(11-25)19(26)22-18(21-17)13-3-5-14(20)6-4-13/h3-6,9H,7-8,10-11,20H2,1-2H3,(H,21,22,26). The minimum Gasteiger partial charge on any atom is -0.399 e. The molecule has 7 nitrogen and oxygen atoms in total. The Hall–Kier alpha value is -2.93. The Balaban J connectivity index is 1.58. The van der Waals surface area contributed by atoms with Crippen molar-refractivity contribution >= 4 is 5.69 Å². The molecule has 3 N–H and O–H groups in total. The van der Waals surface area contributed by atoms with E-state index < -0.39 is 0 Å². The molecule has 134 valence electrons. The number of H-pyrrole nitrogens is 1. The van der Waals surface area contributed by atoms with Crippen LogP contribution >= 0.6 is 0 Å². The first kappa shape index (κ1) is 16.5. The van der Waals surface area contributed by atoms with Crippen LogP contribution in [0.2, 0.25) is 0 Å². The molecule has 0 spiro atoms. The normalized spacial score (nSPS) is 14.4. The zero-order valence-electron chi connectivity index (χ0n) is 15.0. The zero-order chi connectivity index (χ0) is 18.3. The molecule has 1 aliphatic rings. The third kappa shape index (κ3) is 3.13. The molecule has 0 saturated heterocycles. The highest BCUT2D eigenvalue weighted by Crippen LogP contribution is 2.20. The number of aryl methyl sites for hydroxylation is 2. The quantitative estimate of drug-likeness (QED) is 0.700. The lowest BCUT2D eigenvalue weighted by molar-refractivity contribution is 0.238. The van der Waals surface area contributed by atoms with Crippen molar-refractivity contribution in [3.05, 3.63) is 63.3 Å². The number of aromatic nitrogens is 4. The van der Waals surface area contributed by atoms with E-state index in [2.05, 4.69) is 21.0 Å². The van der Waals surface area contributed by atoms with Gasteiger partial charge in [0.05, 0.1) is 17.0 Å². The lowest BCUT2D eigenvalue weighted by Crippen LogP contribution is -2.35. The Labute approximate surface area is 151 Å². The smallest absolute Gasteiger partial charge is 0.255 e. The maximum atomic E-state index is 12.6. The topological polar surface area (TPSA) is 92.8 Å². The number of nitrogens with one attached hydrogen (secondary N) is 1. The number of aromatic amines is 1. The summed E-state index contributed by atoms with van der Waals surface area (Å²) in [5.41, 5.74) is 11.0. The Morgan fingerprint density at radius 2 is 2.04 bits per heavy atom. The van der Waals surface area contributed by atoms with Crippen molar-refractivity contribution in [3.63, 3.8) is 0 Å². The molecule has 4 rings (SSSR count). The second kappa shape index (κ2) is 6.42. The molecule has 0 aliphatic carbocycles. The molecule has 0 fully saturated rings. The maximum Gasteiger partial charge on any atom is 0.255 e. The van der Waals surface area contributed by atoms with Gasteiger partial charge in [-0.05, 0) is 37.3 Å². The molecule has 0 unspecified atom stereocenters. The van der Waals surface area contributed by atoms with E-state index in [4.69, 9.17) is 10.7 Å². The summed E-state index contributed by atoms with van der Waals surface area (Å²) in [6.45, 7) is 4.23. The number of nitrogen functional groups attached to an aromatic ring is 1. The van der Waals surface area contributed by atoms with Crippen LogP contribution in [0.4, 0.5) is 5.69 Å². The van der Waals surface area contributed by atoms with Crippen LogP contribution in [0.5, 0.6) is 0 Å². The van der Waals surface area contributed by atoms with Crippen LogP contribution in [0, 0.1) is 6.92 Å². The van der Waals surface area contributed by atoms with E-state index in [-0.39, 0.29) is 5.56 Å². The number of rotatable bonds is 3. The van der Waals surface area contributed by atoms with Gasteiger partial charge in [0.25, 0.3) is 5.56 Å². The largest absolute Gasteiger partial charge is 0.399 e. The first-order valence-electron chi connectivity index (χ1n) is 8.69. The number of benzene rings is 1. The van der Waals surface area contributed by atoms with Crippen molar-refractivity contribution in [1.29, 1.82) is 0 Å². The van der Waals surface area contributed by atoms with Crippen LogP contribution in [0.3, 0.4) is 0 Å². The third-order valence-electron chi connectivity index (χ3n) is 4.88. The molecule has 1 aliphatic heterocycles. The highest BCUT2D eigenvalue weighted by molar-refractivity contribution is 5.58. The fourth-order valence-electron chi connectivity index (χ4n) is 3.33. The molecular formula is C19H22N6O. The summed E-state index contributed by atoms with van der Waals surface area (Å²) in [4.78, 5) is 22.5. The molecular weight excluding hydrogens is 328 g/mol. The van der Waals surface area contributed by atoms with Gasteiger partial charge in [-0.1, -0.05) is 0 Å². The third-order valence-corrected chi connectivity index (χ3v) is 4.88. The van der Waals surface area contributed by atoms with Crippen molar-refractivity contribution in [2.24, 2.45) is 7.05 Å². The monoisotopic (exact) mass is 350 g/mol. The number of anilines is 1. The first-order valence-corrected chi connectivity index (χ1v) is 8.69. The van der Waals surface area contributed by atoms with Gasteiger partial charge in [0, 0.05) is 50.0 Å². The predicted octanol–water partition coefficient (Wildman–Crippen LogP) is 1.62. The van der Waals surface area contributed by atoms with Gasteiger partial charge in [0.2, 0.25) is 0 Å². The van der Waals surface area contributed by atoms with Crippen molar-refractivity contribution in [2.45, 2.75) is 26.4 Å². The Kier molecular flexibility index (Phi) is 4.08. The van der Waals surface area contributed by atoms with Crippen LogP contribution in [-0.4, -0.2) is 31.2 Å². The summed E-state index contributed by atoms with van der Waals surface area (Å²) in [6.07, 6.45) is 0.757. The lowest BCUT2D eigenvalue weighted by Gasteiger charge is -2.27. The number of nitrogens with two attached hydrogens (primary N) is 1. The van der Waals surface area contributed by atoms with E-state index >= 15 is 0 Å². The van der Waals surface area contributed by atoms with Crippen molar-refractivity contribution < 1.29 is 0 Å². The SMILES string of the molecule is Cc1cc(CN2CCc3nc(-c4ccc(N)cc4)[nH]c(=O)c3C2)nn1C. The summed E-state index contributed by atoms with van der Waals surface area (Å²) >= 11 is 0. The number of hydrogen-bond donors (Lipinski definition) is 2. The van der Waals surface area contributed by atoms with E-state index in [1.54, 1.807) is 0 Å². The van der Waals surface area contributed by atoms with E-state index in [0.29, 0.717) is 18.1 Å². The van der Waals surface area contributed by atoms with Gasteiger partial charge in [-0.15, -0.1) is 0 Å². The van der Waals surface area contributed by atoms with Crippen LogP contribution in [0.25, 0.3) is 11.4 Å². The lowest BCUT2D eigenvalue weighted by atomic mass is 10.1. The molecule has 26 heavy (non-hydrogen) atoms. The molecule has 0 radical (unpaired) electrons. The summed E-state index contributed by atoms with van der Waals surface area (Å²) in [5, 5.41) is 4.51. The Bertz CT molecular complexity index is 982. The summed E-state index contributed by atoms with van der Waals surface area (Å²) in [5.74, 6) is 0.600. The first-order chi connectivity index (χ1) is 12.5. The molecule has 0 amide bonds. The Morgan fingerprint density at radius 3 is 2.73 bits per heavy atom. The van der Waals surface area contributed by atoms with Crippen molar-refractivity contribution in [2.75, 3.05) is 12.3 Å². The molecule has 7 heteroatoms. The van der Waals surface area contributed by atoms with E-state index in [9.17, 15) is 4.79 Å². The number of hydrogen-bond acceptors (Lipinski definition) is 5. The fourth-order valence-corrected chi connectivity index (χ4v) is 3.33. The van der Waals surface area contributed by atoms with Crippen LogP contribution in [0.15, 0.2) is 35.1 Å². The summed E-state index contributed by atoms with van der Waals surface area (Å²) in [7, 11) is 1.94. The Morgan fingerprint density at radius 1 is 1.27 bits per heavy atom. The van der Waals surface area contributed by atoms with E-state index in [1.807, 2.05) is 42.9 Å². The van der Waals surface area contributed by atoms with Gasteiger partial charge in [-0.2, -0.15) is 5.10 Å². The molecule has 3 heterocycles. The maximum absolute atomic E-state index is 12.6. The zero-order valence-corrected chi connectivity index (χ0v) is 15.0. The average Bonchev–Trinajstić information content (AvgIpc) is 2.93. The number of nitrogens with zero attached hydrogens (tertiary/aromatic N) is 4.